The molecule has 1 saturated heterocycles. The lowest BCUT2D eigenvalue weighted by Crippen LogP contribution is -2.48. The predicted octanol–water partition coefficient (Wildman–Crippen LogP) is 4.18. The molecule has 0 radical (unpaired) electrons. The van der Waals surface area contributed by atoms with Crippen LogP contribution in [0.3, 0.4) is 0 Å². The van der Waals surface area contributed by atoms with Crippen molar-refractivity contribution in [1.29, 1.82) is 0 Å². The van der Waals surface area contributed by atoms with Crippen LogP contribution >= 0.6 is 27.3 Å². The van der Waals surface area contributed by atoms with Crippen LogP contribution in [0.2, 0.25) is 0 Å². The van der Waals surface area contributed by atoms with Crippen LogP contribution in [0.4, 0.5) is 0 Å². The van der Waals surface area contributed by atoms with Crippen LogP contribution < -0.4 is 0 Å². The third-order valence-electron chi connectivity index (χ3n) is 4.69. The molecule has 2 aliphatic rings. The summed E-state index contributed by atoms with van der Waals surface area (Å²) in [7, 11) is 0. The Morgan fingerprint density at radius 3 is 2.76 bits per heavy atom. The van der Waals surface area contributed by atoms with Crippen LogP contribution in [-0.4, -0.2) is 29.2 Å². The molecule has 1 aliphatic carbocycles. The second kappa shape index (κ2) is 6.21. The Hall–Kier alpha value is -0.680. The lowest BCUT2D eigenvalue weighted by Gasteiger charge is -2.38. The van der Waals surface area contributed by atoms with Gasteiger partial charge in [0.1, 0.15) is 5.78 Å². The van der Waals surface area contributed by atoms with E-state index in [1.54, 1.807) is 0 Å². The molecule has 0 aromatic carbocycles. The number of rotatable bonds is 2. The van der Waals surface area contributed by atoms with E-state index in [4.69, 9.17) is 0 Å². The first kappa shape index (κ1) is 15.2. The Morgan fingerprint density at radius 1 is 1.33 bits per heavy atom. The van der Waals surface area contributed by atoms with E-state index >= 15 is 0 Å². The molecule has 0 bridgehead atoms. The minimum absolute atomic E-state index is 0.0822. The topological polar surface area (TPSA) is 37.4 Å². The number of Topliss-reactive ketones (excluding diaryl/α,β-unsaturated/α-hetero) is 1. The first-order valence-corrected chi connectivity index (χ1v) is 9.28. The quantitative estimate of drug-likeness (QED) is 0.783. The van der Waals surface area contributed by atoms with Gasteiger partial charge < -0.3 is 4.90 Å². The van der Waals surface area contributed by atoms with Crippen LogP contribution in [-0.2, 0) is 4.79 Å². The van der Waals surface area contributed by atoms with Gasteiger partial charge in [-0.05, 0) is 66.6 Å². The summed E-state index contributed by atoms with van der Waals surface area (Å²) in [6.45, 7) is 2.80. The molecule has 21 heavy (non-hydrogen) atoms. The summed E-state index contributed by atoms with van der Waals surface area (Å²) < 4.78 is 1.02. The Balaban J connectivity index is 1.83. The molecular weight excluding hydrogens is 350 g/mol. The van der Waals surface area contributed by atoms with Gasteiger partial charge in [-0.1, -0.05) is 0 Å². The van der Waals surface area contributed by atoms with E-state index in [-0.39, 0.29) is 17.9 Å². The first-order valence-electron chi connectivity index (χ1n) is 7.67. The fraction of sp³-hybridized carbons (Fsp3) is 0.625. The number of nitrogens with zero attached hydrogens (tertiary/aromatic N) is 1. The maximum absolute atomic E-state index is 12.8. The van der Waals surface area contributed by atoms with Gasteiger partial charge in [0.2, 0.25) is 0 Å². The van der Waals surface area contributed by atoms with Gasteiger partial charge in [-0.3, -0.25) is 9.59 Å². The number of piperidine rings is 1. The fourth-order valence-corrected chi connectivity index (χ4v) is 5.08. The molecule has 3 nitrogen and oxygen atoms in total. The lowest BCUT2D eigenvalue weighted by atomic mass is 9.88. The fourth-order valence-electron chi connectivity index (χ4n) is 3.58. The number of halogens is 1. The highest BCUT2D eigenvalue weighted by atomic mass is 79.9. The van der Waals surface area contributed by atoms with Crippen LogP contribution in [0, 0.1) is 12.8 Å². The molecule has 2 unspecified atom stereocenters. The molecule has 114 valence electrons. The molecule has 1 saturated carbocycles. The average molecular weight is 370 g/mol. The van der Waals surface area contributed by atoms with Gasteiger partial charge in [0, 0.05) is 24.9 Å². The van der Waals surface area contributed by atoms with Crippen LogP contribution in [0.25, 0.3) is 0 Å². The largest absolute Gasteiger partial charge is 0.334 e. The number of carbonyl (C=O) groups excluding carboxylic acids is 2. The lowest BCUT2D eigenvalue weighted by molar-refractivity contribution is -0.122. The standard InChI is InChI=1S/C16H20BrNO2S/c1-10-9-14(21-15(10)17)16(20)18-8-3-2-6-12(18)11-5-4-7-13(11)19/h9,11-12H,2-8H2,1H3. The Bertz CT molecular complexity index is 549. The second-order valence-electron chi connectivity index (χ2n) is 6.09. The molecule has 2 heterocycles. The SMILES string of the molecule is Cc1cc(C(=O)N2CCCCC2C2CCCC2=O)sc1Br. The Morgan fingerprint density at radius 2 is 2.14 bits per heavy atom. The highest BCUT2D eigenvalue weighted by molar-refractivity contribution is 9.11. The highest BCUT2D eigenvalue weighted by Gasteiger charge is 2.39. The van der Waals surface area contributed by atoms with Crippen molar-refractivity contribution in [2.75, 3.05) is 6.54 Å². The molecule has 0 N–H and O–H groups in total. The third kappa shape index (κ3) is 2.95. The number of carbonyl (C=O) groups is 2. The minimum atomic E-state index is 0.0822. The molecule has 1 aromatic rings. The Kier molecular flexibility index (Phi) is 4.50. The maximum Gasteiger partial charge on any atom is 0.264 e. The molecule has 2 atom stereocenters. The van der Waals surface area contributed by atoms with E-state index in [1.165, 1.54) is 11.3 Å². The molecule has 1 amide bonds. The van der Waals surface area contributed by atoms with Gasteiger partial charge in [0.15, 0.2) is 0 Å². The zero-order valence-corrected chi connectivity index (χ0v) is 14.6. The minimum Gasteiger partial charge on any atom is -0.334 e. The predicted molar refractivity (Wildman–Crippen MR) is 87.8 cm³/mol. The van der Waals surface area contributed by atoms with E-state index in [9.17, 15) is 9.59 Å². The summed E-state index contributed by atoms with van der Waals surface area (Å²) in [5.74, 6) is 0.556. The summed E-state index contributed by atoms with van der Waals surface area (Å²) in [6.07, 6.45) is 5.81. The maximum atomic E-state index is 12.8. The van der Waals surface area contributed by atoms with Gasteiger partial charge in [-0.15, -0.1) is 11.3 Å². The molecule has 1 aliphatic heterocycles. The van der Waals surface area contributed by atoms with E-state index in [0.29, 0.717) is 12.2 Å². The molecule has 3 rings (SSSR count). The van der Waals surface area contributed by atoms with Crippen LogP contribution in [0.1, 0.15) is 53.8 Å². The van der Waals surface area contributed by atoms with E-state index < -0.39 is 0 Å². The summed E-state index contributed by atoms with van der Waals surface area (Å²) in [5, 5.41) is 0. The highest BCUT2D eigenvalue weighted by Crippen LogP contribution is 2.35. The second-order valence-corrected chi connectivity index (χ2v) is 8.46. The smallest absolute Gasteiger partial charge is 0.264 e. The zero-order chi connectivity index (χ0) is 15.0. The van der Waals surface area contributed by atoms with Crippen LogP contribution in [0.5, 0.6) is 0 Å². The summed E-state index contributed by atoms with van der Waals surface area (Å²) in [5.41, 5.74) is 1.11. The monoisotopic (exact) mass is 369 g/mol. The molecule has 1 aromatic heterocycles. The molecule has 0 spiro atoms. The summed E-state index contributed by atoms with van der Waals surface area (Å²) in [6, 6.07) is 2.08. The molecule has 5 heteroatoms. The number of thiophene rings is 1. The zero-order valence-electron chi connectivity index (χ0n) is 12.2. The van der Waals surface area contributed by atoms with Gasteiger partial charge in [-0.25, -0.2) is 0 Å². The normalized spacial score (nSPS) is 26.4. The number of aryl methyl sites for hydroxylation is 1. The van der Waals surface area contributed by atoms with Crippen molar-refractivity contribution in [3.8, 4) is 0 Å². The van der Waals surface area contributed by atoms with Crippen molar-refractivity contribution >= 4 is 39.0 Å². The Labute approximate surface area is 137 Å². The van der Waals surface area contributed by atoms with Crippen molar-refractivity contribution in [1.82, 2.24) is 4.90 Å². The summed E-state index contributed by atoms with van der Waals surface area (Å²) in [4.78, 5) is 27.7. The number of ketones is 1. The van der Waals surface area contributed by atoms with Crippen molar-refractivity contribution in [2.45, 2.75) is 51.5 Å². The average Bonchev–Trinajstić information content (AvgIpc) is 3.05. The van der Waals surface area contributed by atoms with Crippen molar-refractivity contribution < 1.29 is 9.59 Å². The van der Waals surface area contributed by atoms with Gasteiger partial charge in [0.25, 0.3) is 5.91 Å². The number of amides is 1. The van der Waals surface area contributed by atoms with Crippen molar-refractivity contribution in [3.05, 3.63) is 20.3 Å². The van der Waals surface area contributed by atoms with Crippen molar-refractivity contribution in [3.63, 3.8) is 0 Å². The van der Waals surface area contributed by atoms with E-state index in [1.807, 2.05) is 17.9 Å². The van der Waals surface area contributed by atoms with E-state index in [0.717, 1.165) is 52.9 Å². The van der Waals surface area contributed by atoms with Gasteiger partial charge in [-0.2, -0.15) is 0 Å². The van der Waals surface area contributed by atoms with Gasteiger partial charge in [0.05, 0.1) is 8.66 Å². The van der Waals surface area contributed by atoms with Crippen LogP contribution in [0.15, 0.2) is 9.85 Å². The number of hydrogen-bond acceptors (Lipinski definition) is 3. The van der Waals surface area contributed by atoms with Crippen molar-refractivity contribution in [2.24, 2.45) is 5.92 Å². The number of hydrogen-bond donors (Lipinski definition) is 0. The van der Waals surface area contributed by atoms with Gasteiger partial charge >= 0.3 is 0 Å². The molecule has 2 fully saturated rings. The molecular formula is C16H20BrNO2S. The number of likely N-dealkylation sites (tertiary alicyclic amines) is 1. The third-order valence-corrected chi connectivity index (χ3v) is 6.82. The first-order chi connectivity index (χ1) is 10.1. The van der Waals surface area contributed by atoms with E-state index in [2.05, 4.69) is 15.9 Å². The summed E-state index contributed by atoms with van der Waals surface area (Å²) >= 11 is 5.00.